The van der Waals surface area contributed by atoms with Crippen LogP contribution in [0.1, 0.15) is 25.5 Å². The Labute approximate surface area is 223 Å². The number of phenols is 1. The number of urea groups is 1. The number of carbonyl (C=O) groups is 2. The molecule has 204 valence electrons. The third kappa shape index (κ3) is 5.50. The van der Waals surface area contributed by atoms with Gasteiger partial charge in [-0.05, 0) is 43.7 Å². The Bertz CT molecular complexity index is 1220. The normalized spacial score (nSPS) is 20.3. The van der Waals surface area contributed by atoms with Crippen LogP contribution in [0, 0.1) is 0 Å². The molecule has 2 aliphatic heterocycles. The molecule has 0 radical (unpaired) electrons. The lowest BCUT2D eigenvalue weighted by Crippen LogP contribution is -2.55. The van der Waals surface area contributed by atoms with Crippen molar-refractivity contribution in [3.8, 4) is 17.2 Å². The molecular formula is C28H36N4O6. The van der Waals surface area contributed by atoms with Gasteiger partial charge in [-0.25, -0.2) is 9.59 Å². The molecule has 0 spiro atoms. The summed E-state index contributed by atoms with van der Waals surface area (Å²) in [4.78, 5) is 32.4. The van der Waals surface area contributed by atoms with E-state index in [1.807, 2.05) is 18.2 Å². The van der Waals surface area contributed by atoms with E-state index in [0.717, 1.165) is 31.1 Å². The number of ether oxygens (including phenoxy) is 3. The molecule has 0 saturated carbocycles. The van der Waals surface area contributed by atoms with E-state index in [1.165, 1.54) is 18.1 Å². The van der Waals surface area contributed by atoms with Crippen molar-refractivity contribution in [3.63, 3.8) is 0 Å². The highest BCUT2D eigenvalue weighted by atomic mass is 16.5. The largest absolute Gasteiger partial charge is 0.504 e. The highest BCUT2D eigenvalue weighted by Crippen LogP contribution is 2.36. The first kappa shape index (κ1) is 27.1. The number of carbonyl (C=O) groups excluding carboxylic acids is 2. The summed E-state index contributed by atoms with van der Waals surface area (Å²) in [6.45, 7) is 6.79. The lowest BCUT2D eigenvalue weighted by molar-refractivity contribution is -0.139. The second-order valence-electron chi connectivity index (χ2n) is 9.43. The van der Waals surface area contributed by atoms with Crippen molar-refractivity contribution in [3.05, 3.63) is 59.3 Å². The molecule has 1 fully saturated rings. The van der Waals surface area contributed by atoms with Crippen molar-refractivity contribution in [2.45, 2.75) is 25.9 Å². The Hall–Kier alpha value is -3.92. The Morgan fingerprint density at radius 1 is 1.13 bits per heavy atom. The fourth-order valence-corrected chi connectivity index (χ4v) is 5.08. The molecule has 2 N–H and O–H groups in total. The lowest BCUT2D eigenvalue weighted by atomic mass is 9.93. The quantitative estimate of drug-likeness (QED) is 0.508. The van der Waals surface area contributed by atoms with Gasteiger partial charge in [0, 0.05) is 56.7 Å². The molecule has 2 aromatic rings. The topological polar surface area (TPSA) is 104 Å². The average Bonchev–Trinajstić information content (AvgIpc) is 2.91. The highest BCUT2D eigenvalue weighted by Gasteiger charge is 2.38. The third-order valence-corrected chi connectivity index (χ3v) is 7.08. The van der Waals surface area contributed by atoms with Crippen LogP contribution in [0.2, 0.25) is 0 Å². The zero-order chi connectivity index (χ0) is 27.4. The molecule has 0 unspecified atom stereocenters. The molecule has 38 heavy (non-hydrogen) atoms. The van der Waals surface area contributed by atoms with Crippen LogP contribution in [0.5, 0.6) is 17.2 Å². The Morgan fingerprint density at radius 2 is 1.92 bits per heavy atom. The van der Waals surface area contributed by atoms with Gasteiger partial charge < -0.3 is 29.5 Å². The number of rotatable bonds is 8. The van der Waals surface area contributed by atoms with E-state index < -0.39 is 12.0 Å². The van der Waals surface area contributed by atoms with E-state index in [4.69, 9.17) is 14.2 Å². The van der Waals surface area contributed by atoms with Gasteiger partial charge >= 0.3 is 12.0 Å². The van der Waals surface area contributed by atoms with E-state index in [2.05, 4.69) is 28.1 Å². The zero-order valence-corrected chi connectivity index (χ0v) is 22.6. The summed E-state index contributed by atoms with van der Waals surface area (Å²) < 4.78 is 16.1. The predicted octanol–water partition coefficient (Wildman–Crippen LogP) is 3.13. The molecule has 2 amide bonds. The van der Waals surface area contributed by atoms with Gasteiger partial charge in [0.25, 0.3) is 0 Å². The summed E-state index contributed by atoms with van der Waals surface area (Å²) in [6, 6.07) is 11.9. The molecule has 2 aliphatic rings. The molecule has 10 heteroatoms. The third-order valence-electron chi connectivity index (χ3n) is 7.08. The summed E-state index contributed by atoms with van der Waals surface area (Å²) >= 11 is 0. The number of amides is 2. The maximum atomic E-state index is 13.3. The smallest absolute Gasteiger partial charge is 0.338 e. The number of hydrogen-bond donors (Lipinski definition) is 2. The van der Waals surface area contributed by atoms with Crippen LogP contribution in [0.3, 0.4) is 0 Å². The molecule has 2 atom stereocenters. The summed E-state index contributed by atoms with van der Waals surface area (Å²) in [6.07, 6.45) is 0. The standard InChI is InChI=1S/C28H36N4O6/c1-6-38-27(34)25-22(30(3)28(35)29-26(25)19-10-11-23(33)24(14-19)37-5)17-31-12-13-32(18(2)16-31)20-8-7-9-21(15-20)36-4/h7-11,14-15,18,26,33H,6,12-13,16-17H2,1-5H3,(H,29,35)/t18-,26-/m0/s1. The second-order valence-corrected chi connectivity index (χ2v) is 9.43. The highest BCUT2D eigenvalue weighted by molar-refractivity contribution is 5.95. The van der Waals surface area contributed by atoms with Gasteiger partial charge in [0.15, 0.2) is 11.5 Å². The molecule has 1 saturated heterocycles. The Morgan fingerprint density at radius 3 is 2.61 bits per heavy atom. The number of methoxy groups -OCH3 is 2. The molecule has 2 heterocycles. The van der Waals surface area contributed by atoms with Crippen molar-refractivity contribution in [1.29, 1.82) is 0 Å². The molecular weight excluding hydrogens is 488 g/mol. The van der Waals surface area contributed by atoms with Gasteiger partial charge in [-0.15, -0.1) is 0 Å². The predicted molar refractivity (Wildman–Crippen MR) is 144 cm³/mol. The number of nitrogens with zero attached hydrogens (tertiary/aromatic N) is 3. The summed E-state index contributed by atoms with van der Waals surface area (Å²) in [7, 11) is 4.77. The zero-order valence-electron chi connectivity index (χ0n) is 22.6. The van der Waals surface area contributed by atoms with Crippen LogP contribution in [0.4, 0.5) is 10.5 Å². The second kappa shape index (κ2) is 11.6. The number of aromatic hydroxyl groups is 1. The van der Waals surface area contributed by atoms with Gasteiger partial charge in [0.2, 0.25) is 0 Å². The Balaban J connectivity index is 1.64. The minimum atomic E-state index is -0.752. The van der Waals surface area contributed by atoms with Crippen LogP contribution < -0.4 is 19.7 Å². The van der Waals surface area contributed by atoms with E-state index in [9.17, 15) is 14.7 Å². The molecule has 10 nitrogen and oxygen atoms in total. The first-order valence-electron chi connectivity index (χ1n) is 12.7. The van der Waals surface area contributed by atoms with E-state index in [-0.39, 0.29) is 30.2 Å². The van der Waals surface area contributed by atoms with E-state index in [1.54, 1.807) is 33.2 Å². The number of piperazine rings is 1. The number of nitrogens with one attached hydrogen (secondary N) is 1. The van der Waals surface area contributed by atoms with Crippen LogP contribution in [-0.4, -0.2) is 87.0 Å². The minimum absolute atomic E-state index is 0.0275. The van der Waals surface area contributed by atoms with Crippen LogP contribution in [0.15, 0.2) is 53.7 Å². The number of phenolic OH excluding ortho intramolecular Hbond substituents is 1. The fraction of sp³-hybridized carbons (Fsp3) is 0.429. The van der Waals surface area contributed by atoms with Crippen LogP contribution >= 0.6 is 0 Å². The van der Waals surface area contributed by atoms with E-state index >= 15 is 0 Å². The first-order chi connectivity index (χ1) is 18.3. The maximum absolute atomic E-state index is 13.3. The van der Waals surface area contributed by atoms with Gasteiger partial charge in [-0.1, -0.05) is 12.1 Å². The van der Waals surface area contributed by atoms with Gasteiger partial charge in [0.05, 0.1) is 32.4 Å². The summed E-state index contributed by atoms with van der Waals surface area (Å²) in [5.74, 6) is 0.547. The number of esters is 1. The monoisotopic (exact) mass is 524 g/mol. The minimum Gasteiger partial charge on any atom is -0.504 e. The molecule has 4 rings (SSSR count). The van der Waals surface area contributed by atoms with Crippen molar-refractivity contribution >= 4 is 17.7 Å². The van der Waals surface area contributed by atoms with Crippen molar-refractivity contribution in [2.75, 3.05) is 59.0 Å². The summed E-state index contributed by atoms with van der Waals surface area (Å²) in [5.41, 5.74) is 2.66. The van der Waals surface area contributed by atoms with Gasteiger partial charge in [-0.2, -0.15) is 0 Å². The van der Waals surface area contributed by atoms with Crippen molar-refractivity contribution in [2.24, 2.45) is 0 Å². The van der Waals surface area contributed by atoms with E-state index in [0.29, 0.717) is 23.4 Å². The number of anilines is 1. The Kier molecular flexibility index (Phi) is 8.31. The molecule has 2 aromatic carbocycles. The number of hydrogen-bond acceptors (Lipinski definition) is 8. The summed E-state index contributed by atoms with van der Waals surface area (Å²) in [5, 5.41) is 13.0. The average molecular weight is 525 g/mol. The van der Waals surface area contributed by atoms with Gasteiger partial charge in [0.1, 0.15) is 5.75 Å². The SMILES string of the molecule is CCOC(=O)C1=C(CN2CCN(c3cccc(OC)c3)[C@@H](C)C2)N(C)C(=O)N[C@H]1c1ccc(O)c(OC)c1. The maximum Gasteiger partial charge on any atom is 0.338 e. The van der Waals surface area contributed by atoms with Gasteiger partial charge in [-0.3, -0.25) is 9.80 Å². The number of benzene rings is 2. The number of likely N-dealkylation sites (N-methyl/N-ethyl adjacent to an activating group) is 1. The fourth-order valence-electron chi connectivity index (χ4n) is 5.08. The first-order valence-corrected chi connectivity index (χ1v) is 12.7. The lowest BCUT2D eigenvalue weighted by Gasteiger charge is -2.43. The molecule has 0 bridgehead atoms. The molecule has 0 aliphatic carbocycles. The van der Waals surface area contributed by atoms with Crippen molar-refractivity contribution < 1.29 is 28.9 Å². The van der Waals surface area contributed by atoms with Crippen LogP contribution in [0.25, 0.3) is 0 Å². The van der Waals surface area contributed by atoms with Crippen LogP contribution in [-0.2, 0) is 9.53 Å². The molecule has 0 aromatic heterocycles. The van der Waals surface area contributed by atoms with Crippen molar-refractivity contribution in [1.82, 2.24) is 15.1 Å².